The summed E-state index contributed by atoms with van der Waals surface area (Å²) in [5, 5.41) is 0. The van der Waals surface area contributed by atoms with Crippen LogP contribution in [0.15, 0.2) is 0 Å². The summed E-state index contributed by atoms with van der Waals surface area (Å²) in [5.41, 5.74) is 2.54. The van der Waals surface area contributed by atoms with E-state index in [1.807, 2.05) is 20.1 Å². The second-order valence-corrected chi connectivity index (χ2v) is 2.62. The minimum atomic E-state index is -0.287. The molecule has 0 aromatic carbocycles. The largest absolute Gasteiger partial charge is 0.304 e. The first-order valence-corrected chi connectivity index (χ1v) is 3.37. The van der Waals surface area contributed by atoms with Gasteiger partial charge in [0.15, 0.2) is 0 Å². The monoisotopic (exact) mass is 144 g/mol. The van der Waals surface area contributed by atoms with Gasteiger partial charge in [0.05, 0.1) is 13.2 Å². The van der Waals surface area contributed by atoms with Gasteiger partial charge in [-0.1, -0.05) is 13.8 Å². The molecule has 0 bridgehead atoms. The summed E-state index contributed by atoms with van der Waals surface area (Å²) < 4.78 is 0. The fourth-order valence-corrected chi connectivity index (χ4v) is 0.734. The lowest BCUT2D eigenvalue weighted by Crippen LogP contribution is -2.30. The van der Waals surface area contributed by atoms with Gasteiger partial charge in [-0.2, -0.15) is 5.48 Å². The number of carbonyl (C=O) groups excluding carboxylic acids is 1. The molecular weight excluding hydrogens is 130 g/mol. The van der Waals surface area contributed by atoms with Gasteiger partial charge in [-0.05, 0) is 12.3 Å². The van der Waals surface area contributed by atoms with Gasteiger partial charge < -0.3 is 4.84 Å². The van der Waals surface area contributed by atoms with Crippen LogP contribution in [0.1, 0.15) is 20.3 Å². The molecule has 1 radical (unpaired) electrons. The summed E-state index contributed by atoms with van der Waals surface area (Å²) >= 11 is 0. The fourth-order valence-electron chi connectivity index (χ4n) is 0.734. The number of hydrogen-bond acceptors (Lipinski definition) is 3. The van der Waals surface area contributed by atoms with E-state index in [2.05, 4.69) is 10.3 Å². The highest BCUT2D eigenvalue weighted by atomic mass is 16.6. The van der Waals surface area contributed by atoms with Crippen LogP contribution in [0.2, 0.25) is 0 Å². The third-order valence-corrected chi connectivity index (χ3v) is 1.11. The fraction of sp³-hybridized carbons (Fsp3) is 0.857. The van der Waals surface area contributed by atoms with Crippen LogP contribution in [-0.2, 0) is 9.63 Å². The highest BCUT2D eigenvalue weighted by Gasteiger charge is 2.08. The van der Waals surface area contributed by atoms with Crippen molar-refractivity contribution in [1.82, 2.24) is 5.48 Å². The van der Waals surface area contributed by atoms with E-state index >= 15 is 0 Å². The second kappa shape index (κ2) is 5.38. The molecule has 0 saturated heterocycles. The third-order valence-electron chi connectivity index (χ3n) is 1.11. The summed E-state index contributed by atoms with van der Waals surface area (Å²) in [7, 11) is 1.49. The topological polar surface area (TPSA) is 38.3 Å². The van der Waals surface area contributed by atoms with Crippen molar-refractivity contribution < 1.29 is 9.63 Å². The minimum Gasteiger partial charge on any atom is -0.304 e. The molecule has 10 heavy (non-hydrogen) atoms. The Labute approximate surface area is 61.7 Å². The maximum absolute atomic E-state index is 10.2. The molecule has 0 unspecified atom stereocenters. The lowest BCUT2D eigenvalue weighted by Gasteiger charge is -2.11. The first-order chi connectivity index (χ1) is 4.70. The minimum absolute atomic E-state index is 0.287. The van der Waals surface area contributed by atoms with Crippen LogP contribution in [0.25, 0.3) is 0 Å². The van der Waals surface area contributed by atoms with Crippen LogP contribution in [0.3, 0.4) is 0 Å². The lowest BCUT2D eigenvalue weighted by molar-refractivity contribution is 0.0725. The van der Waals surface area contributed by atoms with Gasteiger partial charge in [0.2, 0.25) is 6.29 Å². The van der Waals surface area contributed by atoms with E-state index in [-0.39, 0.29) is 6.04 Å². The van der Waals surface area contributed by atoms with Crippen LogP contribution in [0.4, 0.5) is 0 Å². The summed E-state index contributed by atoms with van der Waals surface area (Å²) in [6.45, 7) is 4.09. The average molecular weight is 144 g/mol. The molecule has 0 amide bonds. The van der Waals surface area contributed by atoms with Gasteiger partial charge in [-0.15, -0.1) is 0 Å². The normalized spacial score (nSPS) is 13.6. The number of hydroxylamine groups is 1. The molecule has 1 N–H and O–H groups in total. The van der Waals surface area contributed by atoms with Crippen molar-refractivity contribution in [2.45, 2.75) is 26.3 Å². The summed E-state index contributed by atoms with van der Waals surface area (Å²) in [6.07, 6.45) is 2.61. The van der Waals surface area contributed by atoms with E-state index < -0.39 is 0 Å². The first kappa shape index (κ1) is 9.59. The second-order valence-electron chi connectivity index (χ2n) is 2.62. The van der Waals surface area contributed by atoms with E-state index in [9.17, 15) is 4.79 Å². The van der Waals surface area contributed by atoms with Crippen molar-refractivity contribution in [3.8, 4) is 0 Å². The highest BCUT2D eigenvalue weighted by Crippen LogP contribution is 2.01. The predicted octanol–water partition coefficient (Wildman–Crippen LogP) is 0.662. The Hall–Kier alpha value is -0.410. The molecule has 3 nitrogen and oxygen atoms in total. The molecule has 0 saturated carbocycles. The van der Waals surface area contributed by atoms with Gasteiger partial charge in [-0.25, -0.2) is 0 Å². The van der Waals surface area contributed by atoms with Crippen molar-refractivity contribution in [2.75, 3.05) is 7.11 Å². The van der Waals surface area contributed by atoms with E-state index in [4.69, 9.17) is 0 Å². The number of rotatable bonds is 5. The van der Waals surface area contributed by atoms with Crippen molar-refractivity contribution in [2.24, 2.45) is 5.92 Å². The van der Waals surface area contributed by atoms with Gasteiger partial charge >= 0.3 is 0 Å². The zero-order chi connectivity index (χ0) is 7.98. The van der Waals surface area contributed by atoms with Crippen LogP contribution in [0, 0.1) is 5.92 Å². The predicted molar refractivity (Wildman–Crippen MR) is 39.1 cm³/mol. The van der Waals surface area contributed by atoms with Crippen LogP contribution in [0.5, 0.6) is 0 Å². The molecule has 0 aliphatic rings. The smallest absolute Gasteiger partial charge is 0.219 e. The number of nitrogens with one attached hydrogen (secondary N) is 1. The molecule has 0 aliphatic carbocycles. The van der Waals surface area contributed by atoms with Crippen LogP contribution >= 0.6 is 0 Å². The molecular formula is C7H14NO2. The molecule has 3 heteroatoms. The Bertz CT molecular complexity index is 93.6. The lowest BCUT2D eigenvalue weighted by atomic mass is 10.1. The summed E-state index contributed by atoms with van der Waals surface area (Å²) in [6, 6.07) is -0.287. The summed E-state index contributed by atoms with van der Waals surface area (Å²) in [5.74, 6) is 0.481. The molecule has 59 valence electrons. The van der Waals surface area contributed by atoms with E-state index in [1.54, 1.807) is 0 Å². The molecule has 1 atom stereocenters. The van der Waals surface area contributed by atoms with E-state index in [0.29, 0.717) is 5.92 Å². The standard InChI is InChI=1S/C7H14NO2/c1-6(2)4-7(5-9)8-10-3/h6-8H,4H2,1-3H3/t7-/m0/s1. The Morgan fingerprint density at radius 1 is 1.60 bits per heavy atom. The van der Waals surface area contributed by atoms with Crippen molar-refractivity contribution in [1.29, 1.82) is 0 Å². The molecule has 0 aliphatic heterocycles. The zero-order valence-corrected chi connectivity index (χ0v) is 6.68. The zero-order valence-electron chi connectivity index (χ0n) is 6.68. The molecule has 0 heterocycles. The molecule has 0 rings (SSSR count). The Balaban J connectivity index is 3.49. The Kier molecular flexibility index (Phi) is 5.16. The van der Waals surface area contributed by atoms with E-state index in [1.165, 1.54) is 7.11 Å². The third kappa shape index (κ3) is 4.47. The molecule has 0 aromatic rings. The van der Waals surface area contributed by atoms with Crippen molar-refractivity contribution >= 4 is 6.29 Å². The van der Waals surface area contributed by atoms with Gasteiger partial charge in [0.1, 0.15) is 0 Å². The highest BCUT2D eigenvalue weighted by molar-refractivity contribution is 5.58. The van der Waals surface area contributed by atoms with Crippen LogP contribution < -0.4 is 5.48 Å². The van der Waals surface area contributed by atoms with Gasteiger partial charge in [0.25, 0.3) is 0 Å². The average Bonchev–Trinajstić information content (AvgIpc) is 1.86. The molecule has 0 spiro atoms. The Morgan fingerprint density at radius 2 is 2.20 bits per heavy atom. The maximum atomic E-state index is 10.2. The van der Waals surface area contributed by atoms with Gasteiger partial charge in [-0.3, -0.25) is 4.79 Å². The maximum Gasteiger partial charge on any atom is 0.219 e. The van der Waals surface area contributed by atoms with Gasteiger partial charge in [0, 0.05) is 0 Å². The van der Waals surface area contributed by atoms with E-state index in [0.717, 1.165) is 6.42 Å². The quantitative estimate of drug-likeness (QED) is 0.576. The number of hydrogen-bond donors (Lipinski definition) is 1. The SMILES string of the molecule is CON[C@H]([C]=O)CC(C)C. The summed E-state index contributed by atoms with van der Waals surface area (Å²) in [4.78, 5) is 14.7. The Morgan fingerprint density at radius 3 is 2.50 bits per heavy atom. The van der Waals surface area contributed by atoms with Crippen molar-refractivity contribution in [3.05, 3.63) is 0 Å². The molecule has 0 fully saturated rings. The molecule has 0 aromatic heterocycles. The van der Waals surface area contributed by atoms with Crippen LogP contribution in [-0.4, -0.2) is 19.4 Å². The van der Waals surface area contributed by atoms with Crippen molar-refractivity contribution in [3.63, 3.8) is 0 Å². The first-order valence-electron chi connectivity index (χ1n) is 3.37.